The predicted octanol–water partition coefficient (Wildman–Crippen LogP) is 1.41. The Labute approximate surface area is 120 Å². The molecule has 1 rings (SSSR count). The maximum atomic E-state index is 11.3. The van der Waals surface area contributed by atoms with Crippen molar-refractivity contribution in [3.63, 3.8) is 0 Å². The summed E-state index contributed by atoms with van der Waals surface area (Å²) in [4.78, 5) is 17.6. The molecule has 6 heteroatoms. The van der Waals surface area contributed by atoms with Gasteiger partial charge in [-0.15, -0.1) is 0 Å². The average Bonchev–Trinajstić information content (AvgIpc) is 2.36. The van der Waals surface area contributed by atoms with Gasteiger partial charge >= 0.3 is 0 Å². The number of amides is 1. The normalized spacial score (nSPS) is 11.1. The molecule has 6 nitrogen and oxygen atoms in total. The largest absolute Gasteiger partial charge is 0.470 e. The molecule has 0 saturated heterocycles. The third-order valence-corrected chi connectivity index (χ3v) is 2.62. The zero-order valence-corrected chi connectivity index (χ0v) is 12.9. The van der Waals surface area contributed by atoms with E-state index in [1.807, 2.05) is 38.8 Å². The van der Waals surface area contributed by atoms with Gasteiger partial charge in [-0.25, -0.2) is 0 Å². The fourth-order valence-electron chi connectivity index (χ4n) is 1.53. The molecule has 0 unspecified atom stereocenters. The van der Waals surface area contributed by atoms with Gasteiger partial charge in [-0.05, 0) is 32.9 Å². The summed E-state index contributed by atoms with van der Waals surface area (Å²) in [7, 11) is 3.50. The second-order valence-corrected chi connectivity index (χ2v) is 5.62. The maximum Gasteiger partial charge on any atom is 0.239 e. The summed E-state index contributed by atoms with van der Waals surface area (Å²) in [6.45, 7) is 6.40. The molecule has 0 atom stereocenters. The smallest absolute Gasteiger partial charge is 0.239 e. The van der Waals surface area contributed by atoms with Crippen molar-refractivity contribution in [3.05, 3.63) is 12.1 Å². The van der Waals surface area contributed by atoms with Crippen LogP contribution in [-0.2, 0) is 4.79 Å². The molecule has 0 fully saturated rings. The fraction of sp³-hybridized carbons (Fsp3) is 0.571. The van der Waals surface area contributed by atoms with E-state index in [2.05, 4.69) is 10.3 Å². The number of nitrogens with zero attached hydrogens (tertiary/aromatic N) is 2. The number of pyridine rings is 1. The summed E-state index contributed by atoms with van der Waals surface area (Å²) in [5, 5.41) is 2.59. The van der Waals surface area contributed by atoms with Gasteiger partial charge in [0.05, 0.1) is 5.69 Å². The van der Waals surface area contributed by atoms with Crippen molar-refractivity contribution in [2.24, 2.45) is 0 Å². The number of nitrogen functional groups attached to an aromatic ring is 1. The van der Waals surface area contributed by atoms with Crippen LogP contribution in [0.25, 0.3) is 0 Å². The summed E-state index contributed by atoms with van der Waals surface area (Å²) in [5.41, 5.74) is 6.01. The number of hydrogen-bond acceptors (Lipinski definition) is 5. The molecule has 1 amide bonds. The number of carbonyl (C=O) groups is 1. The number of nitrogens with one attached hydrogen (secondary N) is 1. The molecule has 0 bridgehead atoms. The highest BCUT2D eigenvalue weighted by atomic mass is 16.5. The summed E-state index contributed by atoms with van der Waals surface area (Å²) in [5.74, 6) is 1.14. The van der Waals surface area contributed by atoms with Crippen LogP contribution in [-0.4, -0.2) is 37.1 Å². The van der Waals surface area contributed by atoms with Crippen molar-refractivity contribution in [1.29, 1.82) is 0 Å². The Kier molecular flexibility index (Phi) is 5.19. The van der Waals surface area contributed by atoms with E-state index in [4.69, 9.17) is 10.5 Å². The van der Waals surface area contributed by atoms with Gasteiger partial charge < -0.3 is 20.7 Å². The van der Waals surface area contributed by atoms with Crippen LogP contribution in [0.4, 0.5) is 11.5 Å². The highest BCUT2D eigenvalue weighted by Gasteiger charge is 2.16. The fourth-order valence-corrected chi connectivity index (χ4v) is 1.53. The first kappa shape index (κ1) is 16.1. The lowest BCUT2D eigenvalue weighted by Crippen LogP contribution is -2.28. The first-order chi connectivity index (χ1) is 9.23. The van der Waals surface area contributed by atoms with Gasteiger partial charge in [0.25, 0.3) is 0 Å². The van der Waals surface area contributed by atoms with Crippen LogP contribution in [0.2, 0.25) is 0 Å². The SMILES string of the molecule is CNC(=O)CCN(C)c1ccc(N)c(OC(C)(C)C)n1. The van der Waals surface area contributed by atoms with Crippen LogP contribution in [0.1, 0.15) is 27.2 Å². The van der Waals surface area contributed by atoms with E-state index in [0.29, 0.717) is 24.5 Å². The lowest BCUT2D eigenvalue weighted by molar-refractivity contribution is -0.120. The molecule has 1 aromatic heterocycles. The molecule has 112 valence electrons. The van der Waals surface area contributed by atoms with Crippen LogP contribution >= 0.6 is 0 Å². The second-order valence-electron chi connectivity index (χ2n) is 5.62. The molecule has 0 aliphatic rings. The lowest BCUT2D eigenvalue weighted by Gasteiger charge is -2.23. The quantitative estimate of drug-likeness (QED) is 0.852. The van der Waals surface area contributed by atoms with Crippen molar-refractivity contribution in [2.45, 2.75) is 32.8 Å². The summed E-state index contributed by atoms with van der Waals surface area (Å²) in [6, 6.07) is 3.58. The van der Waals surface area contributed by atoms with Gasteiger partial charge in [0.1, 0.15) is 11.4 Å². The molecular formula is C14H24N4O2. The number of carbonyl (C=O) groups excluding carboxylic acids is 1. The van der Waals surface area contributed by atoms with Crippen LogP contribution < -0.4 is 20.7 Å². The van der Waals surface area contributed by atoms with Gasteiger partial charge in [-0.2, -0.15) is 4.98 Å². The van der Waals surface area contributed by atoms with Gasteiger partial charge in [0.15, 0.2) is 0 Å². The molecule has 1 aromatic rings. The van der Waals surface area contributed by atoms with Crippen molar-refractivity contribution in [2.75, 3.05) is 31.3 Å². The Hall–Kier alpha value is -1.98. The minimum atomic E-state index is -0.361. The van der Waals surface area contributed by atoms with E-state index in [0.717, 1.165) is 5.82 Å². The topological polar surface area (TPSA) is 80.5 Å². The van der Waals surface area contributed by atoms with Crippen LogP contribution in [0.15, 0.2) is 12.1 Å². The van der Waals surface area contributed by atoms with Crippen LogP contribution in [0, 0.1) is 0 Å². The van der Waals surface area contributed by atoms with Crippen molar-refractivity contribution < 1.29 is 9.53 Å². The molecule has 0 aromatic carbocycles. The molecule has 0 aliphatic heterocycles. The Balaban J connectivity index is 2.80. The van der Waals surface area contributed by atoms with E-state index in [-0.39, 0.29) is 11.5 Å². The number of nitrogens with two attached hydrogens (primary N) is 1. The van der Waals surface area contributed by atoms with E-state index in [9.17, 15) is 4.79 Å². The molecule has 0 aliphatic carbocycles. The number of rotatable bonds is 5. The first-order valence-corrected chi connectivity index (χ1v) is 6.60. The highest BCUT2D eigenvalue weighted by Crippen LogP contribution is 2.26. The lowest BCUT2D eigenvalue weighted by atomic mass is 10.2. The number of ether oxygens (including phenoxy) is 1. The summed E-state index contributed by atoms with van der Waals surface area (Å²) < 4.78 is 5.73. The Morgan fingerprint density at radius 2 is 2.10 bits per heavy atom. The van der Waals surface area contributed by atoms with Crippen molar-refractivity contribution in [1.82, 2.24) is 10.3 Å². The van der Waals surface area contributed by atoms with Gasteiger partial charge in [0.2, 0.25) is 11.8 Å². The van der Waals surface area contributed by atoms with Gasteiger partial charge in [-0.3, -0.25) is 4.79 Å². The molecule has 20 heavy (non-hydrogen) atoms. The van der Waals surface area contributed by atoms with Crippen molar-refractivity contribution >= 4 is 17.4 Å². The molecule has 0 spiro atoms. The van der Waals surface area contributed by atoms with Crippen molar-refractivity contribution in [3.8, 4) is 5.88 Å². The number of hydrogen-bond donors (Lipinski definition) is 2. The molecule has 1 heterocycles. The zero-order chi connectivity index (χ0) is 15.3. The molecular weight excluding hydrogens is 256 g/mol. The number of aromatic nitrogens is 1. The third-order valence-electron chi connectivity index (χ3n) is 2.62. The van der Waals surface area contributed by atoms with E-state index < -0.39 is 0 Å². The van der Waals surface area contributed by atoms with E-state index >= 15 is 0 Å². The van der Waals surface area contributed by atoms with Crippen LogP contribution in [0.3, 0.4) is 0 Å². The zero-order valence-electron chi connectivity index (χ0n) is 12.9. The van der Waals surface area contributed by atoms with E-state index in [1.165, 1.54) is 0 Å². The summed E-state index contributed by atoms with van der Waals surface area (Å²) >= 11 is 0. The first-order valence-electron chi connectivity index (χ1n) is 6.60. The Bertz CT molecular complexity index is 469. The maximum absolute atomic E-state index is 11.3. The van der Waals surface area contributed by atoms with Crippen LogP contribution in [0.5, 0.6) is 5.88 Å². The Morgan fingerprint density at radius 1 is 1.45 bits per heavy atom. The minimum absolute atomic E-state index is 0.00143. The molecule has 0 saturated carbocycles. The van der Waals surface area contributed by atoms with Gasteiger partial charge in [0, 0.05) is 27.1 Å². The average molecular weight is 280 g/mol. The molecule has 0 radical (unpaired) electrons. The van der Waals surface area contributed by atoms with E-state index in [1.54, 1.807) is 13.1 Å². The summed E-state index contributed by atoms with van der Waals surface area (Å²) in [6.07, 6.45) is 0.411. The number of anilines is 2. The second kappa shape index (κ2) is 6.45. The monoisotopic (exact) mass is 280 g/mol. The highest BCUT2D eigenvalue weighted by molar-refractivity contribution is 5.76. The predicted molar refractivity (Wildman–Crippen MR) is 81.0 cm³/mol. The standard InChI is InChI=1S/C14H24N4O2/c1-14(2,3)20-13-10(15)6-7-11(17-13)18(5)9-8-12(19)16-4/h6-7H,8-9,15H2,1-5H3,(H,16,19). The minimum Gasteiger partial charge on any atom is -0.470 e. The van der Waals surface area contributed by atoms with Gasteiger partial charge in [-0.1, -0.05) is 0 Å². The molecule has 3 N–H and O–H groups in total. The third kappa shape index (κ3) is 4.95. The Morgan fingerprint density at radius 3 is 2.65 bits per heavy atom.